The van der Waals surface area contributed by atoms with Crippen LogP contribution in [0.15, 0.2) is 66.7 Å². The van der Waals surface area contributed by atoms with Crippen molar-refractivity contribution in [3.05, 3.63) is 110 Å². The molecule has 0 unspecified atom stereocenters. The lowest BCUT2D eigenvalue weighted by molar-refractivity contribution is -0.385. The van der Waals surface area contributed by atoms with Crippen molar-refractivity contribution in [3.8, 4) is 0 Å². The Kier molecular flexibility index (Phi) is 5.91. The third-order valence-electron chi connectivity index (χ3n) is 5.11. The predicted octanol–water partition coefficient (Wildman–Crippen LogP) is 3.92. The average molecular weight is 482 g/mol. The van der Waals surface area contributed by atoms with Crippen molar-refractivity contribution in [2.24, 2.45) is 0 Å². The van der Waals surface area contributed by atoms with Gasteiger partial charge in [0.1, 0.15) is 17.9 Å². The van der Waals surface area contributed by atoms with Crippen molar-refractivity contribution in [1.29, 1.82) is 0 Å². The molecule has 1 aliphatic heterocycles. The first-order valence-electron chi connectivity index (χ1n) is 9.72. The molecule has 0 bridgehead atoms. The minimum Gasteiger partial charge on any atom is -0.292 e. The number of benzene rings is 3. The van der Waals surface area contributed by atoms with Crippen LogP contribution in [0.25, 0.3) is 0 Å². The molecule has 0 fully saturated rings. The van der Waals surface area contributed by atoms with E-state index in [1.54, 1.807) is 6.07 Å². The first-order chi connectivity index (χ1) is 16.2. The summed E-state index contributed by atoms with van der Waals surface area (Å²) in [6, 6.07) is 13.7. The standard InChI is InChI=1S/C23H13ClFN3O6/c24-17-6-2-1-4-15(17)21(30)26(12-19(29)13-8-10-14(25)11-9-13)27-22(31)16-5-3-7-18(28(33)34)20(16)23(27)32/h1-11H,12H2. The van der Waals surface area contributed by atoms with E-state index in [4.69, 9.17) is 11.6 Å². The van der Waals surface area contributed by atoms with E-state index in [0.717, 1.165) is 18.2 Å². The highest BCUT2D eigenvalue weighted by Crippen LogP contribution is 2.32. The number of amides is 3. The molecular formula is C23H13ClFN3O6. The molecule has 0 aromatic heterocycles. The third-order valence-corrected chi connectivity index (χ3v) is 5.44. The molecule has 9 nitrogen and oxygen atoms in total. The highest BCUT2D eigenvalue weighted by molar-refractivity contribution is 6.34. The summed E-state index contributed by atoms with van der Waals surface area (Å²) in [5, 5.41) is 12.4. The Balaban J connectivity index is 1.79. The molecule has 3 aromatic carbocycles. The Bertz CT molecular complexity index is 1380. The van der Waals surface area contributed by atoms with E-state index in [9.17, 15) is 33.7 Å². The molecule has 3 amide bonds. The molecule has 0 N–H and O–H groups in total. The molecule has 170 valence electrons. The number of nitrogens with zero attached hydrogens (tertiary/aromatic N) is 3. The molecule has 0 aliphatic carbocycles. The normalized spacial score (nSPS) is 12.5. The number of fused-ring (bicyclic) bond motifs is 1. The smallest absolute Gasteiger partial charge is 0.287 e. The first-order valence-corrected chi connectivity index (χ1v) is 10.1. The monoisotopic (exact) mass is 481 g/mol. The topological polar surface area (TPSA) is 118 Å². The fourth-order valence-corrected chi connectivity index (χ4v) is 3.71. The number of ketones is 1. The van der Waals surface area contributed by atoms with Gasteiger partial charge in [-0.1, -0.05) is 29.8 Å². The molecule has 0 saturated heterocycles. The summed E-state index contributed by atoms with van der Waals surface area (Å²) < 4.78 is 13.3. The lowest BCUT2D eigenvalue weighted by atomic mass is 10.1. The predicted molar refractivity (Wildman–Crippen MR) is 117 cm³/mol. The number of nitro groups is 1. The van der Waals surface area contributed by atoms with Gasteiger partial charge in [-0.3, -0.25) is 29.3 Å². The number of hydrazine groups is 1. The van der Waals surface area contributed by atoms with Gasteiger partial charge in [0, 0.05) is 11.6 Å². The second-order valence-electron chi connectivity index (χ2n) is 7.15. The summed E-state index contributed by atoms with van der Waals surface area (Å²) in [5.41, 5.74) is -1.49. The van der Waals surface area contributed by atoms with E-state index in [2.05, 4.69) is 0 Å². The Morgan fingerprint density at radius 1 is 0.971 bits per heavy atom. The van der Waals surface area contributed by atoms with Crippen LogP contribution >= 0.6 is 11.6 Å². The SMILES string of the molecule is O=C(CN(C(=O)c1ccccc1Cl)N1C(=O)c2cccc([N+](=O)[O-])c2C1=O)c1ccc(F)cc1. The van der Waals surface area contributed by atoms with E-state index in [1.807, 2.05) is 0 Å². The highest BCUT2D eigenvalue weighted by atomic mass is 35.5. The number of Topliss-reactive ketones (excluding diaryl/α,β-unsaturated/α-hetero) is 1. The second kappa shape index (κ2) is 8.83. The maximum absolute atomic E-state index is 13.4. The number of nitro benzene ring substituents is 1. The fraction of sp³-hybridized carbons (Fsp3) is 0.0435. The Morgan fingerprint density at radius 2 is 1.65 bits per heavy atom. The molecule has 1 aliphatic rings. The molecule has 1 heterocycles. The van der Waals surface area contributed by atoms with Crippen LogP contribution in [-0.4, -0.2) is 45.0 Å². The highest BCUT2D eigenvalue weighted by Gasteiger charge is 2.46. The van der Waals surface area contributed by atoms with Gasteiger partial charge in [-0.05, 0) is 42.5 Å². The molecule has 0 atom stereocenters. The number of halogens is 2. The minimum absolute atomic E-state index is 0.00526. The van der Waals surface area contributed by atoms with Crippen molar-refractivity contribution in [1.82, 2.24) is 10.0 Å². The van der Waals surface area contributed by atoms with Gasteiger partial charge in [0.05, 0.1) is 21.1 Å². The zero-order chi connectivity index (χ0) is 24.6. The van der Waals surface area contributed by atoms with E-state index in [-0.39, 0.29) is 21.7 Å². The number of carbonyl (C=O) groups is 4. The number of hydrogen-bond acceptors (Lipinski definition) is 6. The Hall–Kier alpha value is -4.44. The van der Waals surface area contributed by atoms with Crippen LogP contribution in [0, 0.1) is 15.9 Å². The third kappa shape index (κ3) is 3.90. The van der Waals surface area contributed by atoms with Gasteiger partial charge in [-0.2, -0.15) is 5.01 Å². The fourth-order valence-electron chi connectivity index (χ4n) is 3.50. The number of rotatable bonds is 6. The molecule has 34 heavy (non-hydrogen) atoms. The quantitative estimate of drug-likeness (QED) is 0.228. The van der Waals surface area contributed by atoms with E-state index < -0.39 is 52.0 Å². The van der Waals surface area contributed by atoms with Crippen LogP contribution in [0.3, 0.4) is 0 Å². The number of carbonyl (C=O) groups excluding carboxylic acids is 4. The van der Waals surface area contributed by atoms with Gasteiger partial charge in [0.2, 0.25) is 0 Å². The van der Waals surface area contributed by atoms with Crippen molar-refractivity contribution >= 4 is 40.8 Å². The van der Waals surface area contributed by atoms with E-state index >= 15 is 0 Å². The van der Waals surface area contributed by atoms with Crippen LogP contribution in [0.2, 0.25) is 5.02 Å². The van der Waals surface area contributed by atoms with Crippen LogP contribution < -0.4 is 0 Å². The molecule has 3 aromatic rings. The largest absolute Gasteiger partial charge is 0.292 e. The number of imide groups is 1. The lowest BCUT2D eigenvalue weighted by Gasteiger charge is -2.29. The van der Waals surface area contributed by atoms with Gasteiger partial charge in [-0.25, -0.2) is 9.40 Å². The molecule has 0 saturated carbocycles. The van der Waals surface area contributed by atoms with Crippen LogP contribution in [0.5, 0.6) is 0 Å². The van der Waals surface area contributed by atoms with Gasteiger partial charge >= 0.3 is 0 Å². The summed E-state index contributed by atoms with van der Waals surface area (Å²) in [7, 11) is 0. The zero-order valence-electron chi connectivity index (χ0n) is 17.1. The van der Waals surface area contributed by atoms with Crippen molar-refractivity contribution < 1.29 is 28.5 Å². The summed E-state index contributed by atoms with van der Waals surface area (Å²) >= 11 is 6.12. The van der Waals surface area contributed by atoms with Gasteiger partial charge in [0.15, 0.2) is 5.78 Å². The van der Waals surface area contributed by atoms with Crippen molar-refractivity contribution in [2.45, 2.75) is 0 Å². The van der Waals surface area contributed by atoms with Crippen molar-refractivity contribution in [2.75, 3.05) is 6.54 Å². The van der Waals surface area contributed by atoms with Gasteiger partial charge in [-0.15, -0.1) is 0 Å². The average Bonchev–Trinajstić information content (AvgIpc) is 3.07. The van der Waals surface area contributed by atoms with Crippen LogP contribution in [-0.2, 0) is 0 Å². The second-order valence-corrected chi connectivity index (χ2v) is 7.56. The summed E-state index contributed by atoms with van der Waals surface area (Å²) in [4.78, 5) is 63.2. The molecule has 11 heteroatoms. The first kappa shape index (κ1) is 22.7. The number of hydrogen-bond donors (Lipinski definition) is 0. The molecule has 4 rings (SSSR count). The Morgan fingerprint density at radius 3 is 2.29 bits per heavy atom. The summed E-state index contributed by atoms with van der Waals surface area (Å²) in [6.45, 7) is -0.797. The van der Waals surface area contributed by atoms with E-state index in [0.29, 0.717) is 10.0 Å². The van der Waals surface area contributed by atoms with Gasteiger partial charge in [0.25, 0.3) is 23.4 Å². The molecule has 0 radical (unpaired) electrons. The van der Waals surface area contributed by atoms with Crippen LogP contribution in [0.4, 0.5) is 10.1 Å². The van der Waals surface area contributed by atoms with Gasteiger partial charge < -0.3 is 0 Å². The lowest BCUT2D eigenvalue weighted by Crippen LogP contribution is -2.51. The molecular weight excluding hydrogens is 469 g/mol. The van der Waals surface area contributed by atoms with E-state index in [1.165, 1.54) is 42.5 Å². The molecule has 0 spiro atoms. The summed E-state index contributed by atoms with van der Waals surface area (Å²) in [6.07, 6.45) is 0. The Labute approximate surface area is 196 Å². The van der Waals surface area contributed by atoms with Crippen molar-refractivity contribution in [3.63, 3.8) is 0 Å². The summed E-state index contributed by atoms with van der Waals surface area (Å²) in [5.74, 6) is -4.42. The maximum atomic E-state index is 13.4. The zero-order valence-corrected chi connectivity index (χ0v) is 17.9. The van der Waals surface area contributed by atoms with Crippen LogP contribution in [0.1, 0.15) is 41.4 Å². The maximum Gasteiger partial charge on any atom is 0.287 e. The minimum atomic E-state index is -1.14.